The van der Waals surface area contributed by atoms with Gasteiger partial charge in [0.2, 0.25) is 0 Å². The van der Waals surface area contributed by atoms with Gasteiger partial charge in [-0.05, 0) is 74.1 Å². The third kappa shape index (κ3) is 4.90. The van der Waals surface area contributed by atoms with Crippen molar-refractivity contribution in [2.75, 3.05) is 11.4 Å². The molecule has 29 heavy (non-hydrogen) atoms. The van der Waals surface area contributed by atoms with Gasteiger partial charge in [0.1, 0.15) is 5.82 Å². The van der Waals surface area contributed by atoms with E-state index in [1.54, 1.807) is 0 Å². The van der Waals surface area contributed by atoms with Gasteiger partial charge in [-0.25, -0.2) is 12.8 Å². The first kappa shape index (κ1) is 21.6. The first-order valence-corrected chi connectivity index (χ1v) is 11.3. The van der Waals surface area contributed by atoms with E-state index in [4.69, 9.17) is 11.6 Å². The lowest BCUT2D eigenvalue weighted by Crippen LogP contribution is -2.37. The summed E-state index contributed by atoms with van der Waals surface area (Å²) in [6, 6.07) is 9.25. The second-order valence-electron chi connectivity index (χ2n) is 7.52. The number of hydrogen-bond acceptors (Lipinski definition) is 3. The van der Waals surface area contributed by atoms with Gasteiger partial charge in [0, 0.05) is 13.1 Å². The number of sulfonamides is 1. The molecule has 0 aromatic heterocycles. The number of hydrogen-bond donors (Lipinski definition) is 1. The Morgan fingerprint density at radius 2 is 1.72 bits per heavy atom. The van der Waals surface area contributed by atoms with Crippen molar-refractivity contribution in [1.29, 1.82) is 0 Å². The monoisotopic (exact) mass is 438 g/mol. The normalized spacial score (nSPS) is 19.6. The molecule has 5 nitrogen and oxygen atoms in total. The third-order valence-corrected chi connectivity index (χ3v) is 7.49. The summed E-state index contributed by atoms with van der Waals surface area (Å²) in [5, 5.41) is 3.16. The van der Waals surface area contributed by atoms with Crippen LogP contribution in [0.2, 0.25) is 5.02 Å². The first-order valence-electron chi connectivity index (χ1n) is 9.53. The molecule has 0 bridgehead atoms. The van der Waals surface area contributed by atoms with E-state index in [-0.39, 0.29) is 27.4 Å². The van der Waals surface area contributed by atoms with E-state index in [2.05, 4.69) is 12.2 Å². The molecule has 8 heteroatoms. The summed E-state index contributed by atoms with van der Waals surface area (Å²) in [7, 11) is -2.57. The maximum atomic E-state index is 13.1. The number of anilines is 1. The summed E-state index contributed by atoms with van der Waals surface area (Å²) < 4.78 is 40.2. The molecule has 3 rings (SSSR count). The minimum absolute atomic E-state index is 0.0591. The fraction of sp³-hybridized carbons (Fsp3) is 0.381. The second-order valence-corrected chi connectivity index (χ2v) is 9.90. The molecule has 0 atom stereocenters. The molecule has 1 aliphatic rings. The van der Waals surface area contributed by atoms with Crippen molar-refractivity contribution >= 4 is 33.2 Å². The highest BCUT2D eigenvalue weighted by Gasteiger charge is 2.25. The van der Waals surface area contributed by atoms with E-state index in [1.165, 1.54) is 49.5 Å². The smallest absolute Gasteiger partial charge is 0.264 e. The van der Waals surface area contributed by atoms with Crippen molar-refractivity contribution in [2.45, 2.75) is 43.5 Å². The average Bonchev–Trinajstić information content (AvgIpc) is 2.70. The van der Waals surface area contributed by atoms with Crippen molar-refractivity contribution in [1.82, 2.24) is 5.32 Å². The Bertz CT molecular complexity index is 987. The van der Waals surface area contributed by atoms with Gasteiger partial charge in [0.15, 0.2) is 0 Å². The number of amides is 1. The van der Waals surface area contributed by atoms with Gasteiger partial charge in [-0.15, -0.1) is 0 Å². The molecule has 0 unspecified atom stereocenters. The largest absolute Gasteiger partial charge is 0.349 e. The van der Waals surface area contributed by atoms with E-state index >= 15 is 0 Å². The summed E-state index contributed by atoms with van der Waals surface area (Å²) >= 11 is 6.19. The summed E-state index contributed by atoms with van der Waals surface area (Å²) in [6.07, 6.45) is 3.90. The molecule has 1 amide bonds. The Morgan fingerprint density at radius 1 is 1.10 bits per heavy atom. The quantitative estimate of drug-likeness (QED) is 0.741. The van der Waals surface area contributed by atoms with E-state index in [0.717, 1.165) is 30.0 Å². The van der Waals surface area contributed by atoms with Crippen molar-refractivity contribution in [3.8, 4) is 0 Å². The van der Waals surface area contributed by atoms with Gasteiger partial charge < -0.3 is 5.32 Å². The van der Waals surface area contributed by atoms with Crippen LogP contribution in [0.4, 0.5) is 10.1 Å². The van der Waals surface area contributed by atoms with Crippen LogP contribution in [-0.2, 0) is 10.0 Å². The fourth-order valence-electron chi connectivity index (χ4n) is 3.45. The molecule has 2 aromatic carbocycles. The van der Waals surface area contributed by atoms with Gasteiger partial charge in [-0.2, -0.15) is 0 Å². The molecule has 1 aliphatic carbocycles. The standard InChI is InChI=1S/C21H24ClFN2O3S/c1-14-3-7-16(8-4-14)24-21(26)19-13-18(11-12-20(19)22)29(27,28)25(2)17-9-5-15(23)6-10-17/h5-6,9-14,16H,3-4,7-8H2,1-2H3,(H,24,26). The van der Waals surface area contributed by atoms with Crippen LogP contribution in [-0.4, -0.2) is 27.4 Å². The lowest BCUT2D eigenvalue weighted by Gasteiger charge is -2.27. The van der Waals surface area contributed by atoms with Crippen LogP contribution in [0.3, 0.4) is 0 Å². The molecular weight excluding hydrogens is 415 g/mol. The van der Waals surface area contributed by atoms with E-state index in [9.17, 15) is 17.6 Å². The third-order valence-electron chi connectivity index (χ3n) is 5.38. The van der Waals surface area contributed by atoms with E-state index < -0.39 is 15.8 Å². The van der Waals surface area contributed by atoms with Crippen LogP contribution in [0.5, 0.6) is 0 Å². The topological polar surface area (TPSA) is 66.5 Å². The Kier molecular flexibility index (Phi) is 6.49. The van der Waals surface area contributed by atoms with Crippen molar-refractivity contribution in [2.24, 2.45) is 5.92 Å². The average molecular weight is 439 g/mol. The lowest BCUT2D eigenvalue weighted by atomic mass is 9.87. The van der Waals surface area contributed by atoms with Crippen LogP contribution in [0, 0.1) is 11.7 Å². The number of nitrogens with one attached hydrogen (secondary N) is 1. The Morgan fingerprint density at radius 3 is 2.34 bits per heavy atom. The van der Waals surface area contributed by atoms with Crippen LogP contribution < -0.4 is 9.62 Å². The van der Waals surface area contributed by atoms with Crippen molar-refractivity contribution in [3.63, 3.8) is 0 Å². The summed E-state index contributed by atoms with van der Waals surface area (Å²) in [6.45, 7) is 2.20. The Hall–Kier alpha value is -2.12. The van der Waals surface area contributed by atoms with Gasteiger partial charge >= 0.3 is 0 Å². The molecular formula is C21H24ClFN2O3S. The summed E-state index contributed by atoms with van der Waals surface area (Å²) in [4.78, 5) is 12.7. The number of rotatable bonds is 5. The highest BCUT2D eigenvalue weighted by molar-refractivity contribution is 7.92. The number of benzene rings is 2. The predicted molar refractivity (Wildman–Crippen MR) is 112 cm³/mol. The Labute approximate surface area is 175 Å². The molecule has 156 valence electrons. The SMILES string of the molecule is CC1CCC(NC(=O)c2cc(S(=O)(=O)N(C)c3ccc(F)cc3)ccc2Cl)CC1. The number of carbonyl (C=O) groups excluding carboxylic acids is 1. The van der Waals surface area contributed by atoms with Gasteiger partial charge in [0.05, 0.1) is 21.2 Å². The minimum atomic E-state index is -3.95. The molecule has 0 heterocycles. The summed E-state index contributed by atoms with van der Waals surface area (Å²) in [5.41, 5.74) is 0.433. The van der Waals surface area contributed by atoms with Gasteiger partial charge in [0.25, 0.3) is 15.9 Å². The Balaban J connectivity index is 1.83. The molecule has 1 N–H and O–H groups in total. The van der Waals surface area contributed by atoms with E-state index in [0.29, 0.717) is 11.6 Å². The lowest BCUT2D eigenvalue weighted by molar-refractivity contribution is 0.0923. The van der Waals surface area contributed by atoms with Crippen molar-refractivity contribution < 1.29 is 17.6 Å². The molecule has 0 saturated heterocycles. The molecule has 0 radical (unpaired) electrons. The van der Waals surface area contributed by atoms with Crippen LogP contribution in [0.15, 0.2) is 47.4 Å². The highest BCUT2D eigenvalue weighted by atomic mass is 35.5. The number of carbonyl (C=O) groups is 1. The zero-order chi connectivity index (χ0) is 21.2. The second kappa shape index (κ2) is 8.71. The summed E-state index contributed by atoms with van der Waals surface area (Å²) in [5.74, 6) is -0.180. The van der Waals surface area contributed by atoms with Crippen LogP contribution in [0.25, 0.3) is 0 Å². The molecule has 0 aliphatic heterocycles. The van der Waals surface area contributed by atoms with E-state index in [1.807, 2.05) is 0 Å². The maximum absolute atomic E-state index is 13.1. The molecule has 2 aromatic rings. The minimum Gasteiger partial charge on any atom is -0.349 e. The predicted octanol–water partition coefficient (Wildman–Crippen LogP) is 4.61. The first-order chi connectivity index (χ1) is 13.7. The highest BCUT2D eigenvalue weighted by Crippen LogP contribution is 2.27. The van der Waals surface area contributed by atoms with Gasteiger partial charge in [-0.3, -0.25) is 9.10 Å². The number of halogens is 2. The van der Waals surface area contributed by atoms with Crippen molar-refractivity contribution in [3.05, 3.63) is 58.9 Å². The molecule has 1 saturated carbocycles. The van der Waals surface area contributed by atoms with Gasteiger partial charge in [-0.1, -0.05) is 18.5 Å². The zero-order valence-corrected chi connectivity index (χ0v) is 17.9. The molecule has 1 fully saturated rings. The van der Waals surface area contributed by atoms with Crippen LogP contribution >= 0.6 is 11.6 Å². The number of nitrogens with zero attached hydrogens (tertiary/aromatic N) is 1. The molecule has 0 spiro atoms. The fourth-order valence-corrected chi connectivity index (χ4v) is 4.88. The zero-order valence-electron chi connectivity index (χ0n) is 16.4. The maximum Gasteiger partial charge on any atom is 0.264 e. The van der Waals surface area contributed by atoms with Crippen LogP contribution in [0.1, 0.15) is 43.0 Å².